The Hall–Kier alpha value is -3.05. The number of benzene rings is 2. The molecule has 2 aromatic carbocycles. The molecule has 0 bridgehead atoms. The standard InChI is InChI=1S/C33H44N2O3/c1-4-6-8-9-10-11-13-27-23-34-32(35-24-27)30-16-14-28(15-17-30)29-18-20-31(21-19-29)38-33(36)26(3)25-37-22-12-7-5-2/h14-21,23-24,26H,4-13,22,25H2,1-3H3. The minimum absolute atomic E-state index is 0.268. The van der Waals surface area contributed by atoms with E-state index in [0.717, 1.165) is 48.2 Å². The molecule has 3 rings (SSSR count). The fourth-order valence-corrected chi connectivity index (χ4v) is 4.27. The monoisotopic (exact) mass is 516 g/mol. The van der Waals surface area contributed by atoms with Crippen LogP contribution in [-0.2, 0) is 16.0 Å². The Balaban J connectivity index is 1.47. The summed E-state index contributed by atoms with van der Waals surface area (Å²) in [5.74, 6) is 0.725. The van der Waals surface area contributed by atoms with Crippen molar-refractivity contribution >= 4 is 5.97 Å². The van der Waals surface area contributed by atoms with E-state index in [9.17, 15) is 4.79 Å². The first-order chi connectivity index (χ1) is 18.6. The maximum Gasteiger partial charge on any atom is 0.316 e. The minimum atomic E-state index is -0.296. The van der Waals surface area contributed by atoms with Gasteiger partial charge in [0.25, 0.3) is 0 Å². The average Bonchev–Trinajstić information content (AvgIpc) is 2.95. The van der Waals surface area contributed by atoms with Crippen LogP contribution < -0.4 is 4.74 Å². The van der Waals surface area contributed by atoms with Crippen molar-refractivity contribution in [1.82, 2.24) is 9.97 Å². The van der Waals surface area contributed by atoms with Gasteiger partial charge >= 0.3 is 5.97 Å². The summed E-state index contributed by atoms with van der Waals surface area (Å²) < 4.78 is 11.1. The Kier molecular flexibility index (Phi) is 13.0. The Morgan fingerprint density at radius 2 is 1.29 bits per heavy atom. The summed E-state index contributed by atoms with van der Waals surface area (Å²) in [5, 5.41) is 0. The lowest BCUT2D eigenvalue weighted by molar-refractivity contribution is -0.140. The highest BCUT2D eigenvalue weighted by Gasteiger charge is 2.15. The highest BCUT2D eigenvalue weighted by Crippen LogP contribution is 2.25. The molecule has 5 nitrogen and oxygen atoms in total. The van der Waals surface area contributed by atoms with Gasteiger partial charge in [-0.15, -0.1) is 0 Å². The normalized spacial score (nSPS) is 11.9. The third kappa shape index (κ3) is 10.0. The second-order valence-corrected chi connectivity index (χ2v) is 10.1. The van der Waals surface area contributed by atoms with E-state index in [1.165, 1.54) is 44.1 Å². The molecule has 0 aliphatic rings. The van der Waals surface area contributed by atoms with Gasteiger partial charge in [0, 0.05) is 24.6 Å². The Labute approximate surface area is 229 Å². The maximum absolute atomic E-state index is 12.4. The topological polar surface area (TPSA) is 61.3 Å². The van der Waals surface area contributed by atoms with Gasteiger partial charge in [0.2, 0.25) is 0 Å². The number of esters is 1. The van der Waals surface area contributed by atoms with Gasteiger partial charge in [-0.2, -0.15) is 0 Å². The van der Waals surface area contributed by atoms with Crippen molar-refractivity contribution in [2.45, 2.75) is 85.0 Å². The molecule has 1 aromatic heterocycles. The zero-order valence-electron chi connectivity index (χ0n) is 23.5. The molecule has 38 heavy (non-hydrogen) atoms. The highest BCUT2D eigenvalue weighted by atomic mass is 16.5. The molecule has 0 radical (unpaired) electrons. The number of rotatable bonds is 17. The molecule has 0 aliphatic heterocycles. The van der Waals surface area contributed by atoms with Gasteiger partial charge in [0.15, 0.2) is 5.82 Å². The molecule has 5 heteroatoms. The number of ether oxygens (including phenoxy) is 2. The molecular weight excluding hydrogens is 472 g/mol. The number of unbranched alkanes of at least 4 members (excludes halogenated alkanes) is 7. The second kappa shape index (κ2) is 16.7. The predicted octanol–water partition coefficient (Wildman–Crippen LogP) is 8.46. The summed E-state index contributed by atoms with van der Waals surface area (Å²) in [6.07, 6.45) is 16.1. The smallest absolute Gasteiger partial charge is 0.316 e. The first kappa shape index (κ1) is 29.5. The second-order valence-electron chi connectivity index (χ2n) is 10.1. The van der Waals surface area contributed by atoms with Crippen LogP contribution in [0.2, 0.25) is 0 Å². The van der Waals surface area contributed by atoms with Gasteiger partial charge in [-0.1, -0.05) is 95.2 Å². The molecule has 3 aromatic rings. The van der Waals surface area contributed by atoms with Gasteiger partial charge < -0.3 is 9.47 Å². The van der Waals surface area contributed by atoms with Crippen LogP contribution in [-0.4, -0.2) is 29.2 Å². The van der Waals surface area contributed by atoms with Gasteiger partial charge in [0.1, 0.15) is 5.75 Å². The summed E-state index contributed by atoms with van der Waals surface area (Å²) in [5.41, 5.74) is 4.34. The van der Waals surface area contributed by atoms with Crippen molar-refractivity contribution in [2.24, 2.45) is 5.92 Å². The lowest BCUT2D eigenvalue weighted by atomic mass is 10.0. The van der Waals surface area contributed by atoms with Crippen LogP contribution in [0.15, 0.2) is 60.9 Å². The van der Waals surface area contributed by atoms with E-state index < -0.39 is 0 Å². The number of nitrogens with zero attached hydrogens (tertiary/aromatic N) is 2. The van der Waals surface area contributed by atoms with Crippen LogP contribution in [0.3, 0.4) is 0 Å². The zero-order chi connectivity index (χ0) is 27.0. The predicted molar refractivity (Wildman–Crippen MR) is 155 cm³/mol. The van der Waals surface area contributed by atoms with Gasteiger partial charge in [0.05, 0.1) is 12.5 Å². The quantitative estimate of drug-likeness (QED) is 0.102. The van der Waals surface area contributed by atoms with Crippen LogP contribution >= 0.6 is 0 Å². The molecule has 0 N–H and O–H groups in total. The van der Waals surface area contributed by atoms with Crippen LogP contribution in [0, 0.1) is 5.92 Å². The summed E-state index contributed by atoms with van der Waals surface area (Å²) >= 11 is 0. The molecule has 0 saturated heterocycles. The largest absolute Gasteiger partial charge is 0.426 e. The molecule has 0 spiro atoms. The van der Waals surface area contributed by atoms with Gasteiger partial charge in [-0.25, -0.2) is 9.97 Å². The van der Waals surface area contributed by atoms with Gasteiger partial charge in [-0.3, -0.25) is 4.79 Å². The summed E-state index contributed by atoms with van der Waals surface area (Å²) in [7, 11) is 0. The third-order valence-electron chi connectivity index (χ3n) is 6.74. The Morgan fingerprint density at radius 3 is 1.95 bits per heavy atom. The number of carbonyl (C=O) groups is 1. The summed E-state index contributed by atoms with van der Waals surface area (Å²) in [6.45, 7) is 7.32. The van der Waals surface area contributed by atoms with Crippen LogP contribution in [0.4, 0.5) is 0 Å². The third-order valence-corrected chi connectivity index (χ3v) is 6.74. The Morgan fingerprint density at radius 1 is 0.737 bits per heavy atom. The van der Waals surface area contributed by atoms with E-state index >= 15 is 0 Å². The van der Waals surface area contributed by atoms with E-state index in [0.29, 0.717) is 19.0 Å². The molecule has 0 saturated carbocycles. The summed E-state index contributed by atoms with van der Waals surface area (Å²) in [6, 6.07) is 15.9. The van der Waals surface area contributed by atoms with Crippen molar-refractivity contribution in [1.29, 1.82) is 0 Å². The zero-order valence-corrected chi connectivity index (χ0v) is 23.5. The van der Waals surface area contributed by atoms with Crippen LogP contribution in [0.1, 0.15) is 84.1 Å². The van der Waals surface area contributed by atoms with E-state index in [-0.39, 0.29) is 11.9 Å². The molecular formula is C33H44N2O3. The molecule has 0 aliphatic carbocycles. The number of carbonyl (C=O) groups excluding carboxylic acids is 1. The number of hydrogen-bond acceptors (Lipinski definition) is 5. The average molecular weight is 517 g/mol. The van der Waals surface area contributed by atoms with E-state index in [1.54, 1.807) is 0 Å². The lowest BCUT2D eigenvalue weighted by Crippen LogP contribution is -2.22. The van der Waals surface area contributed by atoms with Crippen LogP contribution in [0.25, 0.3) is 22.5 Å². The molecule has 1 unspecified atom stereocenters. The maximum atomic E-state index is 12.4. The van der Waals surface area contributed by atoms with Gasteiger partial charge in [-0.05, 0) is 55.0 Å². The fraction of sp³-hybridized carbons (Fsp3) is 0.485. The van der Waals surface area contributed by atoms with E-state index in [1.807, 2.05) is 55.7 Å². The van der Waals surface area contributed by atoms with E-state index in [2.05, 4.69) is 35.9 Å². The minimum Gasteiger partial charge on any atom is -0.426 e. The first-order valence-electron chi connectivity index (χ1n) is 14.4. The summed E-state index contributed by atoms with van der Waals surface area (Å²) in [4.78, 5) is 21.6. The molecule has 1 atom stereocenters. The Bertz CT molecular complexity index is 1060. The van der Waals surface area contributed by atoms with Crippen molar-refractivity contribution < 1.29 is 14.3 Å². The first-order valence-corrected chi connectivity index (χ1v) is 14.4. The van der Waals surface area contributed by atoms with Crippen LogP contribution in [0.5, 0.6) is 5.75 Å². The van der Waals surface area contributed by atoms with Crippen molar-refractivity contribution in [2.75, 3.05) is 13.2 Å². The number of aromatic nitrogens is 2. The van der Waals surface area contributed by atoms with Crippen molar-refractivity contribution in [3.05, 3.63) is 66.5 Å². The molecule has 0 amide bonds. The lowest BCUT2D eigenvalue weighted by Gasteiger charge is -2.12. The highest BCUT2D eigenvalue weighted by molar-refractivity contribution is 5.75. The fourth-order valence-electron chi connectivity index (χ4n) is 4.27. The number of aryl methyl sites for hydroxylation is 1. The van der Waals surface area contributed by atoms with Crippen molar-refractivity contribution in [3.63, 3.8) is 0 Å². The number of hydrogen-bond donors (Lipinski definition) is 0. The SMILES string of the molecule is CCCCCCCCc1cnc(-c2ccc(-c3ccc(OC(=O)C(C)COCCCCC)cc3)cc2)nc1. The van der Waals surface area contributed by atoms with E-state index in [4.69, 9.17) is 9.47 Å². The molecule has 1 heterocycles. The molecule has 0 fully saturated rings. The molecule has 204 valence electrons. The van der Waals surface area contributed by atoms with Crippen molar-refractivity contribution in [3.8, 4) is 28.3 Å².